The fourth-order valence-electron chi connectivity index (χ4n) is 5.71. The van der Waals surface area contributed by atoms with Gasteiger partial charge in [-0.25, -0.2) is 0 Å². The molecule has 0 bridgehead atoms. The molecule has 0 atom stereocenters. The summed E-state index contributed by atoms with van der Waals surface area (Å²) >= 11 is 0. The number of likely N-dealkylation sites (N-methyl/N-ethyl adjacent to an activating group) is 1. The molecule has 1 aromatic heterocycles. The molecule has 0 spiro atoms. The van der Waals surface area contributed by atoms with Crippen LogP contribution in [0.15, 0.2) is 60.9 Å². The summed E-state index contributed by atoms with van der Waals surface area (Å²) in [5, 5.41) is 0. The standard InChI is InChI=1S/C45H78N2O2/c1-5-7-9-11-13-15-17-19-21-23-25-27-29-31-33-35-39-48-44-41-43(37-38-47(3)4)46-42-45(44)49-40-36-34-32-30-28-26-24-22-20-18-16-14-12-10-8-6-2/h13-16,19-22,41-42H,5-12,17-18,23-40H2,1-4H3. The average molecular weight is 679 g/mol. The lowest BCUT2D eigenvalue weighted by molar-refractivity contribution is 0.257. The summed E-state index contributed by atoms with van der Waals surface area (Å²) < 4.78 is 12.5. The summed E-state index contributed by atoms with van der Waals surface area (Å²) in [5.41, 5.74) is 1.07. The van der Waals surface area contributed by atoms with Gasteiger partial charge in [-0.05, 0) is 91.1 Å². The topological polar surface area (TPSA) is 34.6 Å². The molecule has 0 aliphatic carbocycles. The first-order valence-corrected chi connectivity index (χ1v) is 20.7. The van der Waals surface area contributed by atoms with E-state index in [1.807, 2.05) is 6.20 Å². The van der Waals surface area contributed by atoms with E-state index in [0.29, 0.717) is 0 Å². The first kappa shape index (κ1) is 44.7. The second-order valence-electron chi connectivity index (χ2n) is 14.0. The van der Waals surface area contributed by atoms with Crippen molar-refractivity contribution in [1.82, 2.24) is 9.88 Å². The number of hydrogen-bond donors (Lipinski definition) is 0. The number of pyridine rings is 1. The van der Waals surface area contributed by atoms with Crippen LogP contribution in [0.2, 0.25) is 0 Å². The molecule has 0 aliphatic rings. The molecule has 1 heterocycles. The highest BCUT2D eigenvalue weighted by Gasteiger charge is 2.09. The van der Waals surface area contributed by atoms with Gasteiger partial charge in [0.25, 0.3) is 0 Å². The Labute approximate surface area is 304 Å². The predicted octanol–water partition coefficient (Wildman–Crippen LogP) is 13.6. The fourth-order valence-corrected chi connectivity index (χ4v) is 5.71. The lowest BCUT2D eigenvalue weighted by Crippen LogP contribution is -2.15. The van der Waals surface area contributed by atoms with E-state index in [2.05, 4.69) is 92.5 Å². The lowest BCUT2D eigenvalue weighted by Gasteiger charge is -2.15. The maximum absolute atomic E-state index is 6.28. The smallest absolute Gasteiger partial charge is 0.179 e. The highest BCUT2D eigenvalue weighted by atomic mass is 16.5. The summed E-state index contributed by atoms with van der Waals surface area (Å²) in [6.07, 6.45) is 51.6. The number of allylic oxidation sites excluding steroid dienone is 8. The zero-order chi connectivity index (χ0) is 35.3. The Bertz CT molecular complexity index is 965. The Morgan fingerprint density at radius 2 is 0.918 bits per heavy atom. The number of nitrogens with zero attached hydrogens (tertiary/aromatic N) is 2. The molecule has 0 unspecified atom stereocenters. The minimum Gasteiger partial charge on any atom is -0.490 e. The fraction of sp³-hybridized carbons (Fsp3) is 0.711. The molecule has 280 valence electrons. The van der Waals surface area contributed by atoms with Crippen molar-refractivity contribution in [3.05, 3.63) is 66.6 Å². The number of aromatic nitrogens is 1. The zero-order valence-electron chi connectivity index (χ0n) is 32.8. The van der Waals surface area contributed by atoms with E-state index in [1.54, 1.807) is 0 Å². The van der Waals surface area contributed by atoms with E-state index in [-0.39, 0.29) is 0 Å². The third-order valence-electron chi connectivity index (χ3n) is 8.91. The predicted molar refractivity (Wildman–Crippen MR) is 216 cm³/mol. The number of rotatable bonds is 35. The Balaban J connectivity index is 2.19. The van der Waals surface area contributed by atoms with Crippen LogP contribution in [0.4, 0.5) is 0 Å². The van der Waals surface area contributed by atoms with Gasteiger partial charge in [0.15, 0.2) is 11.5 Å². The molecule has 4 heteroatoms. The maximum Gasteiger partial charge on any atom is 0.179 e. The zero-order valence-corrected chi connectivity index (χ0v) is 32.8. The second kappa shape index (κ2) is 35.5. The first-order valence-electron chi connectivity index (χ1n) is 20.7. The minimum atomic E-state index is 0.731. The van der Waals surface area contributed by atoms with Gasteiger partial charge in [0.1, 0.15) is 0 Å². The van der Waals surface area contributed by atoms with Crippen molar-refractivity contribution in [3.63, 3.8) is 0 Å². The third-order valence-corrected chi connectivity index (χ3v) is 8.91. The van der Waals surface area contributed by atoms with Gasteiger partial charge in [-0.15, -0.1) is 0 Å². The van der Waals surface area contributed by atoms with Gasteiger partial charge in [-0.3, -0.25) is 4.98 Å². The van der Waals surface area contributed by atoms with Crippen molar-refractivity contribution in [2.24, 2.45) is 0 Å². The Hall–Kier alpha value is -2.33. The van der Waals surface area contributed by atoms with Crippen molar-refractivity contribution in [2.75, 3.05) is 33.9 Å². The van der Waals surface area contributed by atoms with Crippen LogP contribution in [0.5, 0.6) is 11.5 Å². The van der Waals surface area contributed by atoms with E-state index in [0.717, 1.165) is 69.1 Å². The first-order chi connectivity index (χ1) is 24.2. The highest BCUT2D eigenvalue weighted by Crippen LogP contribution is 2.28. The molecule has 0 saturated carbocycles. The SMILES string of the molecule is CCCCCC=CCC=CCCCCCCCCOc1cnc(CCN(C)C)cc1OCCCCCCCCC=CCC=CCCCCC. The van der Waals surface area contributed by atoms with Crippen molar-refractivity contribution in [2.45, 2.75) is 174 Å². The molecule has 0 radical (unpaired) electrons. The van der Waals surface area contributed by atoms with Crippen molar-refractivity contribution in [1.29, 1.82) is 0 Å². The van der Waals surface area contributed by atoms with Gasteiger partial charge in [-0.2, -0.15) is 0 Å². The van der Waals surface area contributed by atoms with E-state index < -0.39 is 0 Å². The quantitative estimate of drug-likeness (QED) is 0.0529. The van der Waals surface area contributed by atoms with Crippen molar-refractivity contribution >= 4 is 0 Å². The molecule has 1 aromatic rings. The Morgan fingerprint density at radius 3 is 1.37 bits per heavy atom. The van der Waals surface area contributed by atoms with Crippen molar-refractivity contribution < 1.29 is 9.47 Å². The van der Waals surface area contributed by atoms with Crippen LogP contribution in [0, 0.1) is 0 Å². The molecule has 49 heavy (non-hydrogen) atoms. The van der Waals surface area contributed by atoms with Crippen LogP contribution in [0.3, 0.4) is 0 Å². The maximum atomic E-state index is 6.28. The molecule has 0 aromatic carbocycles. The van der Waals surface area contributed by atoms with Crippen LogP contribution in [-0.2, 0) is 6.42 Å². The monoisotopic (exact) mass is 679 g/mol. The van der Waals surface area contributed by atoms with Gasteiger partial charge in [0.2, 0.25) is 0 Å². The summed E-state index contributed by atoms with van der Waals surface area (Å²) in [6, 6.07) is 2.10. The lowest BCUT2D eigenvalue weighted by atomic mass is 10.1. The van der Waals surface area contributed by atoms with Crippen LogP contribution in [-0.4, -0.2) is 43.7 Å². The molecule has 0 N–H and O–H groups in total. The van der Waals surface area contributed by atoms with E-state index in [4.69, 9.17) is 9.47 Å². The molecule has 0 saturated heterocycles. The number of ether oxygens (including phenoxy) is 2. The highest BCUT2D eigenvalue weighted by molar-refractivity contribution is 5.39. The molecule has 4 nitrogen and oxygen atoms in total. The van der Waals surface area contributed by atoms with Gasteiger partial charge < -0.3 is 14.4 Å². The molecule has 0 fully saturated rings. The largest absolute Gasteiger partial charge is 0.490 e. The van der Waals surface area contributed by atoms with Crippen LogP contribution < -0.4 is 9.47 Å². The van der Waals surface area contributed by atoms with Gasteiger partial charge in [0, 0.05) is 24.7 Å². The average Bonchev–Trinajstić information content (AvgIpc) is 3.10. The molecular weight excluding hydrogens is 601 g/mol. The van der Waals surface area contributed by atoms with Gasteiger partial charge in [0.05, 0.1) is 19.4 Å². The third kappa shape index (κ3) is 30.2. The minimum absolute atomic E-state index is 0.731. The Kier molecular flexibility index (Phi) is 32.4. The summed E-state index contributed by atoms with van der Waals surface area (Å²) in [4.78, 5) is 6.88. The molecule has 0 aliphatic heterocycles. The Morgan fingerprint density at radius 1 is 0.510 bits per heavy atom. The van der Waals surface area contributed by atoms with Gasteiger partial charge >= 0.3 is 0 Å². The van der Waals surface area contributed by atoms with E-state index in [1.165, 1.54) is 128 Å². The van der Waals surface area contributed by atoms with Crippen LogP contribution >= 0.6 is 0 Å². The second-order valence-corrected chi connectivity index (χ2v) is 14.0. The normalized spacial score (nSPS) is 12.2. The number of hydrogen-bond acceptors (Lipinski definition) is 4. The summed E-state index contributed by atoms with van der Waals surface area (Å²) in [5.74, 6) is 1.67. The summed E-state index contributed by atoms with van der Waals surface area (Å²) in [6.45, 7) is 6.98. The van der Waals surface area contributed by atoms with Crippen LogP contribution in [0.1, 0.15) is 174 Å². The van der Waals surface area contributed by atoms with Crippen LogP contribution in [0.25, 0.3) is 0 Å². The van der Waals surface area contributed by atoms with Gasteiger partial charge in [-0.1, -0.05) is 140 Å². The number of unbranched alkanes of at least 4 members (excludes halogenated alkanes) is 18. The summed E-state index contributed by atoms with van der Waals surface area (Å²) in [7, 11) is 4.21. The van der Waals surface area contributed by atoms with Crippen molar-refractivity contribution in [3.8, 4) is 11.5 Å². The van der Waals surface area contributed by atoms with E-state index in [9.17, 15) is 0 Å². The molecule has 0 amide bonds. The van der Waals surface area contributed by atoms with E-state index >= 15 is 0 Å². The molecule has 1 rings (SSSR count). The molecular formula is C45H78N2O2.